The number of hydrogen-bond acceptors (Lipinski definition) is 5. The lowest BCUT2D eigenvalue weighted by atomic mass is 10.2. The van der Waals surface area contributed by atoms with E-state index in [2.05, 4.69) is 46.2 Å². The maximum Gasteiger partial charge on any atom is 0.226 e. The van der Waals surface area contributed by atoms with Crippen molar-refractivity contribution in [1.82, 2.24) is 20.2 Å². The highest BCUT2D eigenvalue weighted by molar-refractivity contribution is 5.87. The van der Waals surface area contributed by atoms with Crippen LogP contribution in [0.3, 0.4) is 0 Å². The van der Waals surface area contributed by atoms with Crippen molar-refractivity contribution in [2.45, 2.75) is 46.1 Å². The van der Waals surface area contributed by atoms with Gasteiger partial charge >= 0.3 is 0 Å². The second kappa shape index (κ2) is 5.87. The molecule has 1 aliphatic rings. The van der Waals surface area contributed by atoms with Crippen LogP contribution in [0.4, 0.5) is 11.8 Å². The highest BCUT2D eigenvalue weighted by Gasteiger charge is 2.32. The Balaban J connectivity index is 1.99. The average Bonchev–Trinajstić information content (AvgIpc) is 3.19. The summed E-state index contributed by atoms with van der Waals surface area (Å²) in [7, 11) is 0. The van der Waals surface area contributed by atoms with Crippen molar-refractivity contribution < 1.29 is 0 Å². The topological polar surface area (TPSA) is 69.7 Å². The van der Waals surface area contributed by atoms with Gasteiger partial charge in [0.1, 0.15) is 5.82 Å². The summed E-state index contributed by atoms with van der Waals surface area (Å²) in [6.45, 7) is 8.54. The Kier molecular flexibility index (Phi) is 3.94. The van der Waals surface area contributed by atoms with E-state index in [4.69, 9.17) is 4.98 Å². The molecule has 2 N–H and O–H groups in total. The summed E-state index contributed by atoms with van der Waals surface area (Å²) in [5, 5.41) is 11.4. The quantitative estimate of drug-likeness (QED) is 0.820. The average molecular weight is 288 g/mol. The standard InChI is InChI=1S/C15H24N6/c1-4-7-16-15-18-13-12(8-17-20-13)14(19-15)21(9-10(2)3)11-5-6-11/h8,10-11H,4-7,9H2,1-3H3,(H2,16,17,18,19,20). The molecule has 2 aromatic rings. The Hall–Kier alpha value is -1.85. The van der Waals surface area contributed by atoms with Gasteiger partial charge in [0, 0.05) is 19.1 Å². The van der Waals surface area contributed by atoms with E-state index in [0.29, 0.717) is 17.9 Å². The van der Waals surface area contributed by atoms with E-state index in [1.165, 1.54) is 12.8 Å². The summed E-state index contributed by atoms with van der Waals surface area (Å²) < 4.78 is 0. The summed E-state index contributed by atoms with van der Waals surface area (Å²) in [6, 6.07) is 0.624. The first-order valence-corrected chi connectivity index (χ1v) is 7.90. The molecule has 0 bridgehead atoms. The van der Waals surface area contributed by atoms with Gasteiger partial charge in [-0.3, -0.25) is 5.10 Å². The van der Waals surface area contributed by atoms with Gasteiger partial charge in [0.25, 0.3) is 0 Å². The molecule has 1 aliphatic carbocycles. The van der Waals surface area contributed by atoms with Crippen LogP contribution in [0.25, 0.3) is 11.0 Å². The van der Waals surface area contributed by atoms with E-state index in [1.54, 1.807) is 0 Å². The number of fused-ring (bicyclic) bond motifs is 1. The van der Waals surface area contributed by atoms with Crippen molar-refractivity contribution in [2.75, 3.05) is 23.3 Å². The number of anilines is 2. The maximum absolute atomic E-state index is 4.77. The fourth-order valence-corrected chi connectivity index (χ4v) is 2.54. The van der Waals surface area contributed by atoms with Gasteiger partial charge < -0.3 is 10.2 Å². The van der Waals surface area contributed by atoms with E-state index in [-0.39, 0.29) is 0 Å². The Morgan fingerprint density at radius 2 is 2.19 bits per heavy atom. The minimum Gasteiger partial charge on any atom is -0.354 e. The van der Waals surface area contributed by atoms with Crippen LogP contribution in [0.1, 0.15) is 40.0 Å². The normalized spacial score (nSPS) is 14.9. The summed E-state index contributed by atoms with van der Waals surface area (Å²) in [6.07, 6.45) is 5.41. The Bertz CT molecular complexity index is 601. The molecule has 1 saturated carbocycles. The zero-order chi connectivity index (χ0) is 14.8. The van der Waals surface area contributed by atoms with Crippen LogP contribution in [0.5, 0.6) is 0 Å². The Morgan fingerprint density at radius 3 is 2.86 bits per heavy atom. The monoisotopic (exact) mass is 288 g/mol. The molecule has 0 aliphatic heterocycles. The first-order chi connectivity index (χ1) is 10.2. The summed E-state index contributed by atoms with van der Waals surface area (Å²) >= 11 is 0. The fourth-order valence-electron chi connectivity index (χ4n) is 2.54. The maximum atomic E-state index is 4.77. The number of rotatable bonds is 7. The summed E-state index contributed by atoms with van der Waals surface area (Å²) in [5.74, 6) is 2.32. The molecule has 0 unspecified atom stereocenters. The lowest BCUT2D eigenvalue weighted by molar-refractivity contribution is 0.604. The predicted molar refractivity (Wildman–Crippen MR) is 85.7 cm³/mol. The molecule has 0 spiro atoms. The van der Waals surface area contributed by atoms with Crippen molar-refractivity contribution >= 4 is 22.8 Å². The molecule has 114 valence electrons. The van der Waals surface area contributed by atoms with Gasteiger partial charge in [0.05, 0.1) is 11.6 Å². The SMILES string of the molecule is CCCNc1nc(N(CC(C)C)C2CC2)c2cn[nH]c2n1. The molecule has 0 aromatic carbocycles. The van der Waals surface area contributed by atoms with Gasteiger partial charge in [-0.1, -0.05) is 20.8 Å². The van der Waals surface area contributed by atoms with Crippen molar-refractivity contribution in [3.05, 3.63) is 6.20 Å². The highest BCUT2D eigenvalue weighted by atomic mass is 15.3. The third-order valence-electron chi connectivity index (χ3n) is 3.64. The van der Waals surface area contributed by atoms with Crippen LogP contribution < -0.4 is 10.2 Å². The van der Waals surface area contributed by atoms with Crippen LogP contribution in [0.15, 0.2) is 6.20 Å². The lowest BCUT2D eigenvalue weighted by Crippen LogP contribution is -2.31. The molecule has 2 aromatic heterocycles. The van der Waals surface area contributed by atoms with Crippen LogP contribution in [-0.4, -0.2) is 39.3 Å². The second-order valence-electron chi connectivity index (χ2n) is 6.21. The third kappa shape index (κ3) is 3.09. The zero-order valence-corrected chi connectivity index (χ0v) is 13.1. The zero-order valence-electron chi connectivity index (χ0n) is 13.1. The Labute approximate surface area is 125 Å². The number of aromatic nitrogens is 4. The van der Waals surface area contributed by atoms with Gasteiger partial charge in [-0.05, 0) is 25.2 Å². The molecule has 6 heteroatoms. The third-order valence-corrected chi connectivity index (χ3v) is 3.64. The molecule has 0 radical (unpaired) electrons. The molecule has 0 amide bonds. The smallest absolute Gasteiger partial charge is 0.226 e. The van der Waals surface area contributed by atoms with Gasteiger partial charge in [-0.15, -0.1) is 0 Å². The highest BCUT2D eigenvalue weighted by Crippen LogP contribution is 2.34. The molecular weight excluding hydrogens is 264 g/mol. The molecule has 3 rings (SSSR count). The largest absolute Gasteiger partial charge is 0.354 e. The molecule has 0 saturated heterocycles. The van der Waals surface area contributed by atoms with Crippen molar-refractivity contribution in [3.63, 3.8) is 0 Å². The Morgan fingerprint density at radius 1 is 1.38 bits per heavy atom. The predicted octanol–water partition coefficient (Wildman–Crippen LogP) is 2.80. The van der Waals surface area contributed by atoms with Crippen LogP contribution in [0, 0.1) is 5.92 Å². The van der Waals surface area contributed by atoms with Crippen LogP contribution >= 0.6 is 0 Å². The molecule has 1 fully saturated rings. The van der Waals surface area contributed by atoms with Crippen molar-refractivity contribution in [3.8, 4) is 0 Å². The number of aromatic amines is 1. The van der Waals surface area contributed by atoms with Gasteiger partial charge in [-0.2, -0.15) is 15.1 Å². The molecular formula is C15H24N6. The minimum atomic E-state index is 0.606. The van der Waals surface area contributed by atoms with Crippen molar-refractivity contribution in [1.29, 1.82) is 0 Å². The van der Waals surface area contributed by atoms with E-state index in [0.717, 1.165) is 36.4 Å². The number of hydrogen-bond donors (Lipinski definition) is 2. The van der Waals surface area contributed by atoms with E-state index in [1.807, 2.05) is 6.20 Å². The van der Waals surface area contributed by atoms with E-state index < -0.39 is 0 Å². The first-order valence-electron chi connectivity index (χ1n) is 7.90. The van der Waals surface area contributed by atoms with Crippen LogP contribution in [0.2, 0.25) is 0 Å². The van der Waals surface area contributed by atoms with Crippen molar-refractivity contribution in [2.24, 2.45) is 5.92 Å². The number of H-pyrrole nitrogens is 1. The number of nitrogens with one attached hydrogen (secondary N) is 2. The molecule has 2 heterocycles. The number of nitrogens with zero attached hydrogens (tertiary/aromatic N) is 4. The summed E-state index contributed by atoms with van der Waals surface area (Å²) in [5.41, 5.74) is 0.813. The molecule has 0 atom stereocenters. The summed E-state index contributed by atoms with van der Waals surface area (Å²) in [4.78, 5) is 11.7. The van der Waals surface area contributed by atoms with E-state index >= 15 is 0 Å². The van der Waals surface area contributed by atoms with E-state index in [9.17, 15) is 0 Å². The van der Waals surface area contributed by atoms with Gasteiger partial charge in [0.2, 0.25) is 5.95 Å². The van der Waals surface area contributed by atoms with Gasteiger partial charge in [0.15, 0.2) is 5.65 Å². The second-order valence-corrected chi connectivity index (χ2v) is 6.21. The van der Waals surface area contributed by atoms with Gasteiger partial charge in [-0.25, -0.2) is 0 Å². The minimum absolute atomic E-state index is 0.606. The fraction of sp³-hybridized carbons (Fsp3) is 0.667. The van der Waals surface area contributed by atoms with Crippen LogP contribution in [-0.2, 0) is 0 Å². The first kappa shape index (κ1) is 14.1. The lowest BCUT2D eigenvalue weighted by Gasteiger charge is -2.26. The molecule has 6 nitrogen and oxygen atoms in total. The molecule has 21 heavy (non-hydrogen) atoms.